The minimum Gasteiger partial charge on any atom is -0.359 e. The van der Waals surface area contributed by atoms with Gasteiger partial charge in [0.15, 0.2) is 5.96 Å². The molecule has 0 spiro atoms. The first-order valence-corrected chi connectivity index (χ1v) is 5.99. The molecule has 1 aromatic carbocycles. The number of rotatable bonds is 5. The Balaban J connectivity index is 2.17. The molecule has 1 amide bonds. The van der Waals surface area contributed by atoms with Gasteiger partial charge in [-0.15, -0.1) is 0 Å². The lowest BCUT2D eigenvalue weighted by Gasteiger charge is -2.09. The van der Waals surface area contributed by atoms with Crippen LogP contribution in [0.3, 0.4) is 0 Å². The Kier molecular flexibility index (Phi) is 6.32. The molecule has 5 heteroatoms. The molecule has 0 bridgehead atoms. The second-order valence-electron chi connectivity index (χ2n) is 3.72. The first kappa shape index (κ1) is 14.0. The maximum atomic E-state index is 11.7. The van der Waals surface area contributed by atoms with Gasteiger partial charge in [0, 0.05) is 32.7 Å². The summed E-state index contributed by atoms with van der Waals surface area (Å²) in [4.78, 5) is 15.7. The van der Waals surface area contributed by atoms with Crippen molar-refractivity contribution >= 4 is 11.9 Å². The summed E-state index contributed by atoms with van der Waals surface area (Å²) in [5.41, 5.74) is 0.691. The van der Waals surface area contributed by atoms with E-state index in [2.05, 4.69) is 20.9 Å². The van der Waals surface area contributed by atoms with Gasteiger partial charge < -0.3 is 16.0 Å². The number of aliphatic imine (C=N–C) groups is 1. The Bertz CT molecular complexity index is 389. The van der Waals surface area contributed by atoms with Gasteiger partial charge in [0.1, 0.15) is 0 Å². The fourth-order valence-electron chi connectivity index (χ4n) is 1.47. The molecule has 0 aliphatic carbocycles. The third kappa shape index (κ3) is 4.86. The largest absolute Gasteiger partial charge is 0.359 e. The number of amides is 1. The zero-order chi connectivity index (χ0) is 13.2. The van der Waals surface area contributed by atoms with Gasteiger partial charge in [0.25, 0.3) is 5.91 Å². The van der Waals surface area contributed by atoms with Crippen LogP contribution in [-0.2, 0) is 0 Å². The van der Waals surface area contributed by atoms with Crippen LogP contribution in [0.25, 0.3) is 0 Å². The minimum absolute atomic E-state index is 0.0337. The molecule has 0 saturated carbocycles. The molecule has 0 aromatic heterocycles. The fourth-order valence-corrected chi connectivity index (χ4v) is 1.47. The molecule has 0 atom stereocenters. The van der Waals surface area contributed by atoms with E-state index in [0.717, 1.165) is 18.9 Å². The predicted octanol–water partition coefficient (Wildman–Crippen LogP) is 0.601. The van der Waals surface area contributed by atoms with Crippen LogP contribution in [-0.4, -0.2) is 39.1 Å². The summed E-state index contributed by atoms with van der Waals surface area (Å²) in [5.74, 6) is 0.720. The Morgan fingerprint density at radius 1 is 1.17 bits per heavy atom. The number of hydrogen-bond acceptors (Lipinski definition) is 2. The second kappa shape index (κ2) is 8.11. The molecular weight excluding hydrogens is 228 g/mol. The molecule has 18 heavy (non-hydrogen) atoms. The predicted molar refractivity (Wildman–Crippen MR) is 73.8 cm³/mol. The van der Waals surface area contributed by atoms with Crippen LogP contribution in [0.15, 0.2) is 35.3 Å². The van der Waals surface area contributed by atoms with E-state index in [1.54, 1.807) is 19.2 Å². The van der Waals surface area contributed by atoms with Gasteiger partial charge in [-0.25, -0.2) is 0 Å². The molecule has 3 N–H and O–H groups in total. The molecule has 0 aliphatic heterocycles. The van der Waals surface area contributed by atoms with E-state index in [9.17, 15) is 4.79 Å². The lowest BCUT2D eigenvalue weighted by molar-refractivity contribution is 0.0953. The highest BCUT2D eigenvalue weighted by atomic mass is 16.1. The summed E-state index contributed by atoms with van der Waals surface area (Å²) in [6.45, 7) is 1.41. The van der Waals surface area contributed by atoms with E-state index in [-0.39, 0.29) is 5.91 Å². The van der Waals surface area contributed by atoms with E-state index < -0.39 is 0 Å². The molecule has 0 heterocycles. The van der Waals surface area contributed by atoms with Crippen molar-refractivity contribution in [1.82, 2.24) is 16.0 Å². The quantitative estimate of drug-likeness (QED) is 0.406. The van der Waals surface area contributed by atoms with Gasteiger partial charge >= 0.3 is 0 Å². The van der Waals surface area contributed by atoms with Crippen molar-refractivity contribution in [3.8, 4) is 0 Å². The van der Waals surface area contributed by atoms with Gasteiger partial charge in [-0.1, -0.05) is 18.2 Å². The second-order valence-corrected chi connectivity index (χ2v) is 3.72. The molecular formula is C13H20N4O. The van der Waals surface area contributed by atoms with E-state index in [1.165, 1.54) is 0 Å². The highest BCUT2D eigenvalue weighted by Gasteiger charge is 2.02. The molecule has 1 rings (SSSR count). The fraction of sp³-hybridized carbons (Fsp3) is 0.385. The first-order chi connectivity index (χ1) is 8.77. The van der Waals surface area contributed by atoms with Crippen LogP contribution in [0.1, 0.15) is 16.8 Å². The zero-order valence-electron chi connectivity index (χ0n) is 10.9. The van der Waals surface area contributed by atoms with Crippen LogP contribution in [0.5, 0.6) is 0 Å². The van der Waals surface area contributed by atoms with Crippen LogP contribution in [0.4, 0.5) is 0 Å². The van der Waals surface area contributed by atoms with E-state index >= 15 is 0 Å². The molecule has 0 fully saturated rings. The van der Waals surface area contributed by atoms with E-state index in [1.807, 2.05) is 25.2 Å². The topological polar surface area (TPSA) is 65.5 Å². The van der Waals surface area contributed by atoms with Crippen molar-refractivity contribution in [2.75, 3.05) is 27.2 Å². The Morgan fingerprint density at radius 3 is 2.44 bits per heavy atom. The normalized spacial score (nSPS) is 10.9. The third-order valence-corrected chi connectivity index (χ3v) is 2.43. The lowest BCUT2D eigenvalue weighted by Crippen LogP contribution is -2.36. The van der Waals surface area contributed by atoms with Crippen molar-refractivity contribution in [2.45, 2.75) is 6.42 Å². The average Bonchev–Trinajstić information content (AvgIpc) is 2.43. The Labute approximate surface area is 108 Å². The van der Waals surface area contributed by atoms with Crippen LogP contribution in [0.2, 0.25) is 0 Å². The number of carbonyl (C=O) groups excluding carboxylic acids is 1. The minimum atomic E-state index is -0.0337. The number of guanidine groups is 1. The molecule has 0 radical (unpaired) electrons. The number of nitrogens with zero attached hydrogens (tertiary/aromatic N) is 1. The van der Waals surface area contributed by atoms with Gasteiger partial charge in [-0.2, -0.15) is 0 Å². The monoisotopic (exact) mass is 248 g/mol. The van der Waals surface area contributed by atoms with E-state index in [0.29, 0.717) is 12.1 Å². The number of benzene rings is 1. The maximum Gasteiger partial charge on any atom is 0.251 e. The lowest BCUT2D eigenvalue weighted by atomic mass is 10.2. The third-order valence-electron chi connectivity index (χ3n) is 2.43. The number of nitrogens with one attached hydrogen (secondary N) is 3. The molecule has 0 unspecified atom stereocenters. The van der Waals surface area contributed by atoms with E-state index in [4.69, 9.17) is 0 Å². The Hall–Kier alpha value is -2.04. The van der Waals surface area contributed by atoms with Crippen molar-refractivity contribution in [1.29, 1.82) is 0 Å². The molecule has 0 saturated heterocycles. The van der Waals surface area contributed by atoms with Crippen LogP contribution >= 0.6 is 0 Å². The van der Waals surface area contributed by atoms with Gasteiger partial charge in [-0.3, -0.25) is 9.79 Å². The number of hydrogen-bond donors (Lipinski definition) is 3. The standard InChI is InChI=1S/C13H20N4O/c1-14-13(15-2)17-10-6-9-16-12(18)11-7-4-3-5-8-11/h3-5,7-8H,6,9-10H2,1-2H3,(H,16,18)(H2,14,15,17). The van der Waals surface area contributed by atoms with Crippen LogP contribution in [0, 0.1) is 0 Å². The summed E-state index contributed by atoms with van der Waals surface area (Å²) in [7, 11) is 3.53. The molecule has 98 valence electrons. The zero-order valence-corrected chi connectivity index (χ0v) is 10.9. The van der Waals surface area contributed by atoms with Gasteiger partial charge in [0.2, 0.25) is 0 Å². The van der Waals surface area contributed by atoms with Crippen molar-refractivity contribution in [2.24, 2.45) is 4.99 Å². The summed E-state index contributed by atoms with van der Waals surface area (Å²) in [6.07, 6.45) is 0.847. The van der Waals surface area contributed by atoms with Crippen molar-refractivity contribution in [3.63, 3.8) is 0 Å². The summed E-state index contributed by atoms with van der Waals surface area (Å²) in [6, 6.07) is 9.21. The smallest absolute Gasteiger partial charge is 0.251 e. The molecule has 1 aromatic rings. The van der Waals surface area contributed by atoms with Gasteiger partial charge in [-0.05, 0) is 18.6 Å². The highest BCUT2D eigenvalue weighted by molar-refractivity contribution is 5.94. The summed E-state index contributed by atoms with van der Waals surface area (Å²) in [5, 5.41) is 8.92. The summed E-state index contributed by atoms with van der Waals surface area (Å²) >= 11 is 0. The van der Waals surface area contributed by atoms with Crippen molar-refractivity contribution in [3.05, 3.63) is 35.9 Å². The first-order valence-electron chi connectivity index (χ1n) is 5.99. The summed E-state index contributed by atoms with van der Waals surface area (Å²) < 4.78 is 0. The van der Waals surface area contributed by atoms with Gasteiger partial charge in [0.05, 0.1) is 0 Å². The Morgan fingerprint density at radius 2 is 1.83 bits per heavy atom. The van der Waals surface area contributed by atoms with Crippen molar-refractivity contribution < 1.29 is 4.79 Å². The SMILES string of the molecule is CN=C(NC)NCCCNC(=O)c1ccccc1. The average molecular weight is 248 g/mol. The molecule has 0 aliphatic rings. The number of carbonyl (C=O) groups is 1. The van der Waals surface area contributed by atoms with Crippen LogP contribution < -0.4 is 16.0 Å². The molecule has 5 nitrogen and oxygen atoms in total. The highest BCUT2D eigenvalue weighted by Crippen LogP contribution is 1.97. The maximum absolute atomic E-state index is 11.7.